The van der Waals surface area contributed by atoms with E-state index in [1.807, 2.05) is 44.2 Å². The minimum absolute atomic E-state index is 0.0124. The van der Waals surface area contributed by atoms with Gasteiger partial charge in [0.05, 0.1) is 30.8 Å². The van der Waals surface area contributed by atoms with Crippen LogP contribution in [0, 0.1) is 0 Å². The van der Waals surface area contributed by atoms with Crippen molar-refractivity contribution in [2.75, 3.05) is 13.2 Å². The number of primary amides is 1. The quantitative estimate of drug-likeness (QED) is 0.588. The Labute approximate surface area is 154 Å². The Hall–Kier alpha value is -1.89. The molecular weight excluding hydrogens is 384 g/mol. The number of nitrogens with two attached hydrogens (primary N) is 1. The van der Waals surface area contributed by atoms with Crippen LogP contribution >= 0.6 is 15.9 Å². The predicted molar refractivity (Wildman–Crippen MR) is 102 cm³/mol. The maximum Gasteiger partial charge on any atom is 0.221 e. The molecule has 0 atom stereocenters. The summed E-state index contributed by atoms with van der Waals surface area (Å²) in [6.07, 6.45) is 0.189. The Morgan fingerprint density at radius 1 is 1.32 bits per heavy atom. The lowest BCUT2D eigenvalue weighted by atomic mass is 9.96. The lowest BCUT2D eigenvalue weighted by Crippen LogP contribution is -2.23. The molecule has 0 radical (unpaired) electrons. The molecule has 3 rings (SSSR count). The zero-order valence-corrected chi connectivity index (χ0v) is 15.8. The van der Waals surface area contributed by atoms with Crippen molar-refractivity contribution in [1.82, 2.24) is 4.98 Å². The molecule has 3 aromatic rings. The summed E-state index contributed by atoms with van der Waals surface area (Å²) in [7, 11) is 0. The summed E-state index contributed by atoms with van der Waals surface area (Å²) >= 11 is 3.60. The molecule has 1 heterocycles. The molecule has 1 amide bonds. The van der Waals surface area contributed by atoms with Crippen LogP contribution in [0.4, 0.5) is 0 Å². The SMILES string of the molecule is CC(C)(OCCO)c1ccc2c(c1)[nH]c1c(CC(N)=O)ccc(Br)c12. The molecular formula is C19H21BrN2O3. The Morgan fingerprint density at radius 3 is 2.76 bits per heavy atom. The van der Waals surface area contributed by atoms with Gasteiger partial charge in [-0.05, 0) is 37.1 Å². The van der Waals surface area contributed by atoms with E-state index in [0.717, 1.165) is 37.4 Å². The van der Waals surface area contributed by atoms with Crippen molar-refractivity contribution in [1.29, 1.82) is 0 Å². The molecule has 5 nitrogen and oxygen atoms in total. The van der Waals surface area contributed by atoms with Crippen LogP contribution < -0.4 is 5.73 Å². The van der Waals surface area contributed by atoms with Crippen LogP contribution in [0.1, 0.15) is 25.0 Å². The predicted octanol–water partition coefficient (Wildman–Crippen LogP) is 3.36. The molecule has 0 unspecified atom stereocenters. The van der Waals surface area contributed by atoms with E-state index in [-0.39, 0.29) is 25.5 Å². The van der Waals surface area contributed by atoms with Crippen LogP contribution in [-0.4, -0.2) is 29.2 Å². The minimum Gasteiger partial charge on any atom is -0.394 e. The molecule has 0 saturated carbocycles. The van der Waals surface area contributed by atoms with Crippen LogP contribution in [0.5, 0.6) is 0 Å². The minimum atomic E-state index is -0.512. The number of halogens is 1. The molecule has 0 aliphatic carbocycles. The maximum absolute atomic E-state index is 11.4. The molecule has 0 aliphatic rings. The van der Waals surface area contributed by atoms with Gasteiger partial charge < -0.3 is 20.6 Å². The van der Waals surface area contributed by atoms with Crippen molar-refractivity contribution in [3.05, 3.63) is 45.9 Å². The third-order valence-electron chi connectivity index (χ3n) is 4.40. The van der Waals surface area contributed by atoms with E-state index in [0.29, 0.717) is 0 Å². The van der Waals surface area contributed by atoms with Gasteiger partial charge in [0.1, 0.15) is 0 Å². The molecule has 0 spiro atoms. The standard InChI is InChI=1S/C19H21BrN2O3/c1-19(2,25-8-7-23)12-4-5-13-15(10-12)22-18-11(9-16(21)24)3-6-14(20)17(13)18/h3-6,10,22-23H,7-9H2,1-2H3,(H2,21,24). The highest BCUT2D eigenvalue weighted by Gasteiger charge is 2.22. The number of aromatic nitrogens is 1. The molecule has 0 fully saturated rings. The summed E-state index contributed by atoms with van der Waals surface area (Å²) < 4.78 is 6.72. The lowest BCUT2D eigenvalue weighted by molar-refractivity contribution is -0.117. The summed E-state index contributed by atoms with van der Waals surface area (Å²) in [5.74, 6) is -0.360. The van der Waals surface area contributed by atoms with Crippen LogP contribution in [0.3, 0.4) is 0 Å². The van der Waals surface area contributed by atoms with Gasteiger partial charge in [-0.25, -0.2) is 0 Å². The fraction of sp³-hybridized carbons (Fsp3) is 0.316. The average Bonchev–Trinajstić information content (AvgIpc) is 2.95. The molecule has 0 saturated heterocycles. The Morgan fingerprint density at radius 2 is 2.08 bits per heavy atom. The number of rotatable bonds is 6. The summed E-state index contributed by atoms with van der Waals surface area (Å²) in [4.78, 5) is 14.8. The first-order valence-electron chi connectivity index (χ1n) is 8.10. The molecule has 0 aliphatic heterocycles. The first kappa shape index (κ1) is 17.9. The number of H-pyrrole nitrogens is 1. The first-order chi connectivity index (χ1) is 11.8. The van der Waals surface area contributed by atoms with Gasteiger partial charge >= 0.3 is 0 Å². The third-order valence-corrected chi connectivity index (χ3v) is 5.06. The Bertz CT molecular complexity index is 947. The third kappa shape index (κ3) is 3.42. The Balaban J connectivity index is 2.16. The molecule has 4 N–H and O–H groups in total. The number of carbonyl (C=O) groups is 1. The van der Waals surface area contributed by atoms with Gasteiger partial charge in [-0.1, -0.05) is 34.1 Å². The largest absolute Gasteiger partial charge is 0.394 e. The second-order valence-electron chi connectivity index (χ2n) is 6.57. The average molecular weight is 405 g/mol. The second kappa shape index (κ2) is 6.78. The smallest absolute Gasteiger partial charge is 0.221 e. The van der Waals surface area contributed by atoms with Crippen molar-refractivity contribution in [3.8, 4) is 0 Å². The van der Waals surface area contributed by atoms with Gasteiger partial charge in [0.25, 0.3) is 0 Å². The Kier molecular flexibility index (Phi) is 4.86. The van der Waals surface area contributed by atoms with E-state index in [1.165, 1.54) is 0 Å². The van der Waals surface area contributed by atoms with E-state index in [9.17, 15) is 4.79 Å². The summed E-state index contributed by atoms with van der Waals surface area (Å²) in [5.41, 5.74) is 8.62. The van der Waals surface area contributed by atoms with Crippen LogP contribution in [0.15, 0.2) is 34.8 Å². The van der Waals surface area contributed by atoms with Crippen molar-refractivity contribution in [2.45, 2.75) is 25.9 Å². The normalized spacial score (nSPS) is 12.2. The number of hydrogen-bond donors (Lipinski definition) is 3. The number of aliphatic hydroxyl groups excluding tert-OH is 1. The number of carbonyl (C=O) groups excluding carboxylic acids is 1. The number of hydrogen-bond acceptors (Lipinski definition) is 3. The van der Waals surface area contributed by atoms with Crippen molar-refractivity contribution >= 4 is 43.6 Å². The lowest BCUT2D eigenvalue weighted by Gasteiger charge is -2.25. The fourth-order valence-electron chi connectivity index (χ4n) is 3.12. The molecule has 25 heavy (non-hydrogen) atoms. The topological polar surface area (TPSA) is 88.3 Å². The second-order valence-corrected chi connectivity index (χ2v) is 7.42. The van der Waals surface area contributed by atoms with Crippen LogP contribution in [0.25, 0.3) is 21.8 Å². The zero-order valence-electron chi connectivity index (χ0n) is 14.2. The number of benzene rings is 2. The van der Waals surface area contributed by atoms with Gasteiger partial charge in [-0.2, -0.15) is 0 Å². The van der Waals surface area contributed by atoms with Gasteiger partial charge in [0.15, 0.2) is 0 Å². The highest BCUT2D eigenvalue weighted by atomic mass is 79.9. The van der Waals surface area contributed by atoms with E-state index in [4.69, 9.17) is 15.6 Å². The zero-order chi connectivity index (χ0) is 18.2. The van der Waals surface area contributed by atoms with Crippen LogP contribution in [0.2, 0.25) is 0 Å². The molecule has 1 aromatic heterocycles. The molecule has 6 heteroatoms. The molecule has 2 aromatic carbocycles. The highest BCUT2D eigenvalue weighted by molar-refractivity contribution is 9.10. The van der Waals surface area contributed by atoms with Crippen molar-refractivity contribution in [2.24, 2.45) is 5.73 Å². The monoisotopic (exact) mass is 404 g/mol. The summed E-state index contributed by atoms with van der Waals surface area (Å²) in [6, 6.07) is 9.97. The maximum atomic E-state index is 11.4. The van der Waals surface area contributed by atoms with E-state index < -0.39 is 5.60 Å². The van der Waals surface area contributed by atoms with Gasteiger partial charge in [-0.3, -0.25) is 4.79 Å². The highest BCUT2D eigenvalue weighted by Crippen LogP contribution is 2.36. The van der Waals surface area contributed by atoms with Gasteiger partial charge in [0.2, 0.25) is 5.91 Å². The van der Waals surface area contributed by atoms with Crippen LogP contribution in [-0.2, 0) is 21.6 Å². The number of fused-ring (bicyclic) bond motifs is 3. The van der Waals surface area contributed by atoms with E-state index in [2.05, 4.69) is 20.9 Å². The number of amides is 1. The summed E-state index contributed by atoms with van der Waals surface area (Å²) in [6.45, 7) is 4.22. The molecule has 132 valence electrons. The van der Waals surface area contributed by atoms with E-state index >= 15 is 0 Å². The fourth-order valence-corrected chi connectivity index (χ4v) is 3.66. The number of ether oxygens (including phenoxy) is 1. The number of nitrogens with one attached hydrogen (secondary N) is 1. The van der Waals surface area contributed by atoms with Crippen molar-refractivity contribution < 1.29 is 14.6 Å². The van der Waals surface area contributed by atoms with Crippen molar-refractivity contribution in [3.63, 3.8) is 0 Å². The number of aliphatic hydroxyl groups is 1. The van der Waals surface area contributed by atoms with Gasteiger partial charge in [-0.15, -0.1) is 0 Å². The summed E-state index contributed by atoms with van der Waals surface area (Å²) in [5, 5.41) is 11.1. The van der Waals surface area contributed by atoms with Gasteiger partial charge in [0, 0.05) is 20.8 Å². The first-order valence-corrected chi connectivity index (χ1v) is 8.89. The van der Waals surface area contributed by atoms with E-state index in [1.54, 1.807) is 0 Å². The molecule has 0 bridgehead atoms. The number of aromatic amines is 1.